The third kappa shape index (κ3) is 3.32. The van der Waals surface area contributed by atoms with E-state index in [2.05, 4.69) is 31.2 Å². The number of aryl methyl sites for hydroxylation is 1. The third-order valence-corrected chi connectivity index (χ3v) is 2.83. The molecule has 2 N–H and O–H groups in total. The first kappa shape index (κ1) is 12.2. The summed E-state index contributed by atoms with van der Waals surface area (Å²) in [4.78, 5) is 0. The standard InChI is InChI=1S/C11H21N3O/c1-9-10(8-13-14(9)4)7-12-11(2,3)5-6-15/h8,12,15H,5-7H2,1-4H3. The van der Waals surface area contributed by atoms with Crippen molar-refractivity contribution in [2.45, 2.75) is 39.3 Å². The minimum absolute atomic E-state index is 0.0307. The van der Waals surface area contributed by atoms with Gasteiger partial charge < -0.3 is 10.4 Å². The minimum Gasteiger partial charge on any atom is -0.396 e. The molecule has 0 radical (unpaired) electrons. The summed E-state index contributed by atoms with van der Waals surface area (Å²) in [6.45, 7) is 7.26. The van der Waals surface area contributed by atoms with Crippen LogP contribution in [0.1, 0.15) is 31.5 Å². The molecule has 1 rings (SSSR count). The zero-order valence-electron chi connectivity index (χ0n) is 10.0. The van der Waals surface area contributed by atoms with Gasteiger partial charge in [-0.3, -0.25) is 4.68 Å². The SMILES string of the molecule is Cc1c(CNC(C)(C)CCO)cnn1C. The van der Waals surface area contributed by atoms with Crippen molar-refractivity contribution in [1.29, 1.82) is 0 Å². The molecule has 15 heavy (non-hydrogen) atoms. The van der Waals surface area contributed by atoms with Crippen molar-refractivity contribution in [3.05, 3.63) is 17.5 Å². The van der Waals surface area contributed by atoms with Crippen LogP contribution in [-0.4, -0.2) is 27.0 Å². The third-order valence-electron chi connectivity index (χ3n) is 2.83. The molecule has 1 aromatic heterocycles. The van der Waals surface area contributed by atoms with Crippen LogP contribution in [0.2, 0.25) is 0 Å². The predicted octanol–water partition coefficient (Wildman–Crippen LogP) is 0.979. The second-order valence-corrected chi connectivity index (χ2v) is 4.59. The molecule has 0 bridgehead atoms. The van der Waals surface area contributed by atoms with Gasteiger partial charge in [0.1, 0.15) is 0 Å². The molecule has 1 heterocycles. The van der Waals surface area contributed by atoms with Gasteiger partial charge >= 0.3 is 0 Å². The number of nitrogens with one attached hydrogen (secondary N) is 1. The molecule has 0 aromatic carbocycles. The Balaban J connectivity index is 2.53. The number of aliphatic hydroxyl groups excluding tert-OH is 1. The maximum absolute atomic E-state index is 8.90. The molecule has 0 atom stereocenters. The van der Waals surface area contributed by atoms with Gasteiger partial charge in [0.05, 0.1) is 6.20 Å². The molecule has 0 spiro atoms. The van der Waals surface area contributed by atoms with Gasteiger partial charge in [-0.25, -0.2) is 0 Å². The first-order valence-corrected chi connectivity index (χ1v) is 5.29. The zero-order chi connectivity index (χ0) is 11.5. The second kappa shape index (κ2) is 4.77. The number of aliphatic hydroxyl groups is 1. The zero-order valence-corrected chi connectivity index (χ0v) is 10.0. The fourth-order valence-electron chi connectivity index (χ4n) is 1.42. The summed E-state index contributed by atoms with van der Waals surface area (Å²) < 4.78 is 1.87. The summed E-state index contributed by atoms with van der Waals surface area (Å²) in [5, 5.41) is 16.5. The maximum Gasteiger partial charge on any atom is 0.0537 e. The smallest absolute Gasteiger partial charge is 0.0537 e. The molecular weight excluding hydrogens is 190 g/mol. The number of hydrogen-bond donors (Lipinski definition) is 2. The lowest BCUT2D eigenvalue weighted by molar-refractivity contribution is 0.230. The number of nitrogens with zero attached hydrogens (tertiary/aromatic N) is 2. The Morgan fingerprint density at radius 3 is 2.67 bits per heavy atom. The van der Waals surface area contributed by atoms with Gasteiger partial charge in [-0.05, 0) is 27.2 Å². The van der Waals surface area contributed by atoms with Crippen molar-refractivity contribution >= 4 is 0 Å². The monoisotopic (exact) mass is 211 g/mol. The first-order chi connectivity index (χ1) is 6.96. The van der Waals surface area contributed by atoms with Gasteiger partial charge in [-0.2, -0.15) is 5.10 Å². The average molecular weight is 211 g/mol. The molecule has 0 saturated carbocycles. The van der Waals surface area contributed by atoms with E-state index in [4.69, 9.17) is 5.11 Å². The quantitative estimate of drug-likeness (QED) is 0.763. The maximum atomic E-state index is 8.90. The molecular formula is C11H21N3O. The second-order valence-electron chi connectivity index (χ2n) is 4.59. The summed E-state index contributed by atoms with van der Waals surface area (Å²) in [7, 11) is 1.94. The molecule has 4 heteroatoms. The number of hydrogen-bond acceptors (Lipinski definition) is 3. The first-order valence-electron chi connectivity index (χ1n) is 5.29. The molecule has 0 aliphatic heterocycles. The highest BCUT2D eigenvalue weighted by Gasteiger charge is 2.16. The minimum atomic E-state index is -0.0307. The summed E-state index contributed by atoms with van der Waals surface area (Å²) >= 11 is 0. The summed E-state index contributed by atoms with van der Waals surface area (Å²) in [6.07, 6.45) is 2.64. The van der Waals surface area contributed by atoms with E-state index in [1.165, 1.54) is 11.3 Å². The highest BCUT2D eigenvalue weighted by Crippen LogP contribution is 2.11. The van der Waals surface area contributed by atoms with E-state index in [1.54, 1.807) is 0 Å². The Morgan fingerprint density at radius 1 is 1.53 bits per heavy atom. The highest BCUT2D eigenvalue weighted by molar-refractivity contribution is 5.15. The molecule has 0 saturated heterocycles. The van der Waals surface area contributed by atoms with Crippen LogP contribution in [-0.2, 0) is 13.6 Å². The van der Waals surface area contributed by atoms with Crippen molar-refractivity contribution in [2.24, 2.45) is 7.05 Å². The summed E-state index contributed by atoms with van der Waals surface area (Å²) in [5.41, 5.74) is 2.36. The van der Waals surface area contributed by atoms with E-state index in [0.717, 1.165) is 13.0 Å². The lowest BCUT2D eigenvalue weighted by atomic mass is 10.0. The van der Waals surface area contributed by atoms with E-state index in [1.807, 2.05) is 17.9 Å². The Morgan fingerprint density at radius 2 is 2.20 bits per heavy atom. The van der Waals surface area contributed by atoms with Gasteiger partial charge in [-0.15, -0.1) is 0 Å². The van der Waals surface area contributed by atoms with Crippen LogP contribution in [0.4, 0.5) is 0 Å². The summed E-state index contributed by atoms with van der Waals surface area (Å²) in [5.74, 6) is 0. The largest absolute Gasteiger partial charge is 0.396 e. The van der Waals surface area contributed by atoms with Gasteiger partial charge in [-0.1, -0.05) is 0 Å². The Hall–Kier alpha value is -0.870. The molecule has 1 aromatic rings. The topological polar surface area (TPSA) is 50.1 Å². The van der Waals surface area contributed by atoms with Crippen molar-refractivity contribution in [1.82, 2.24) is 15.1 Å². The van der Waals surface area contributed by atoms with Crippen molar-refractivity contribution in [3.8, 4) is 0 Å². The molecule has 0 aliphatic carbocycles. The van der Waals surface area contributed by atoms with Gasteiger partial charge in [0.25, 0.3) is 0 Å². The number of rotatable bonds is 5. The van der Waals surface area contributed by atoms with Crippen LogP contribution < -0.4 is 5.32 Å². The van der Waals surface area contributed by atoms with Crippen LogP contribution >= 0.6 is 0 Å². The number of aromatic nitrogens is 2. The van der Waals surface area contributed by atoms with Gasteiger partial charge in [0.15, 0.2) is 0 Å². The van der Waals surface area contributed by atoms with Gasteiger partial charge in [0.2, 0.25) is 0 Å². The molecule has 0 amide bonds. The lowest BCUT2D eigenvalue weighted by Crippen LogP contribution is -2.39. The van der Waals surface area contributed by atoms with Gasteiger partial charge in [0, 0.05) is 37.0 Å². The average Bonchev–Trinajstić information content (AvgIpc) is 2.45. The summed E-state index contributed by atoms with van der Waals surface area (Å²) in [6, 6.07) is 0. The highest BCUT2D eigenvalue weighted by atomic mass is 16.3. The Kier molecular flexibility index (Phi) is 3.88. The van der Waals surface area contributed by atoms with Crippen molar-refractivity contribution in [2.75, 3.05) is 6.61 Å². The van der Waals surface area contributed by atoms with E-state index in [-0.39, 0.29) is 12.1 Å². The van der Waals surface area contributed by atoms with E-state index in [9.17, 15) is 0 Å². The Bertz CT molecular complexity index is 318. The van der Waals surface area contributed by atoms with Crippen LogP contribution in [0.5, 0.6) is 0 Å². The van der Waals surface area contributed by atoms with Crippen LogP contribution in [0.15, 0.2) is 6.20 Å². The molecule has 4 nitrogen and oxygen atoms in total. The molecule has 0 unspecified atom stereocenters. The van der Waals surface area contributed by atoms with Crippen molar-refractivity contribution in [3.63, 3.8) is 0 Å². The van der Waals surface area contributed by atoms with Crippen molar-refractivity contribution < 1.29 is 5.11 Å². The fourth-order valence-corrected chi connectivity index (χ4v) is 1.42. The van der Waals surface area contributed by atoms with E-state index >= 15 is 0 Å². The lowest BCUT2D eigenvalue weighted by Gasteiger charge is -2.25. The Labute approximate surface area is 91.3 Å². The van der Waals surface area contributed by atoms with E-state index in [0.29, 0.717) is 0 Å². The predicted molar refractivity (Wildman–Crippen MR) is 60.6 cm³/mol. The van der Waals surface area contributed by atoms with Crippen LogP contribution in [0.25, 0.3) is 0 Å². The molecule has 0 fully saturated rings. The van der Waals surface area contributed by atoms with Crippen LogP contribution in [0, 0.1) is 6.92 Å². The molecule has 86 valence electrons. The normalized spacial score (nSPS) is 12.1. The van der Waals surface area contributed by atoms with E-state index < -0.39 is 0 Å². The van der Waals surface area contributed by atoms with Crippen LogP contribution in [0.3, 0.4) is 0 Å². The molecule has 0 aliphatic rings. The fraction of sp³-hybridized carbons (Fsp3) is 0.727.